The van der Waals surface area contributed by atoms with E-state index in [0.717, 1.165) is 10.0 Å². The topological polar surface area (TPSA) is 49.4 Å². The normalized spacial score (nSPS) is 14.2. The Balaban J connectivity index is 1.44. The molecule has 0 atom stereocenters. The first-order valence-electron chi connectivity index (χ1n) is 9.00. The summed E-state index contributed by atoms with van der Waals surface area (Å²) >= 11 is 3.37. The van der Waals surface area contributed by atoms with Crippen LogP contribution in [0.25, 0.3) is 0 Å². The van der Waals surface area contributed by atoms with E-state index in [9.17, 15) is 9.59 Å². The maximum atomic E-state index is 12.5. The summed E-state index contributed by atoms with van der Waals surface area (Å²) in [4.78, 5) is 26.7. The van der Waals surface area contributed by atoms with Gasteiger partial charge in [-0.15, -0.1) is 0 Å². The smallest absolute Gasteiger partial charge is 0.253 e. The number of likely N-dealkylation sites (tertiary alicyclic amines) is 1. The number of nitrogens with one attached hydrogen (secondary N) is 1. The third-order valence-electron chi connectivity index (χ3n) is 4.60. The summed E-state index contributed by atoms with van der Waals surface area (Å²) < 4.78 is 0.949. The number of piperidine rings is 1. The summed E-state index contributed by atoms with van der Waals surface area (Å²) in [7, 11) is 0. The monoisotopic (exact) mass is 424 g/mol. The first-order chi connectivity index (χ1) is 13.1. The fraction of sp³-hybridized carbons (Fsp3) is 0.273. The fourth-order valence-corrected chi connectivity index (χ4v) is 3.33. The molecule has 1 heterocycles. The maximum absolute atomic E-state index is 12.5. The summed E-state index contributed by atoms with van der Waals surface area (Å²) in [5, 5.41) is 2.88. The Kier molecular flexibility index (Phi) is 6.67. The van der Waals surface area contributed by atoms with Crippen molar-refractivity contribution in [3.63, 3.8) is 0 Å². The molecule has 4 nitrogen and oxygen atoms in total. The molecule has 138 valence electrons. The van der Waals surface area contributed by atoms with Gasteiger partial charge in [0.1, 0.15) is 0 Å². The molecule has 1 aliphatic rings. The molecule has 0 bridgehead atoms. The Morgan fingerprint density at radius 3 is 2.37 bits per heavy atom. The molecular weight excluding hydrogens is 404 g/mol. The molecule has 0 unspecified atom stereocenters. The molecule has 27 heavy (non-hydrogen) atoms. The number of hydrogen-bond acceptors (Lipinski definition) is 2. The van der Waals surface area contributed by atoms with E-state index >= 15 is 0 Å². The van der Waals surface area contributed by atoms with Crippen LogP contribution in [-0.2, 0) is 4.79 Å². The number of benzene rings is 2. The lowest BCUT2D eigenvalue weighted by Crippen LogP contribution is -2.43. The van der Waals surface area contributed by atoms with Gasteiger partial charge in [0, 0.05) is 34.6 Å². The standard InChI is InChI=1S/C22H21BrN2O2/c23-20-10-8-19(9-11-20)22(27)25-15-12-18(13-16-25)21(26)24-14-4-7-17-5-2-1-3-6-17/h1-3,5-6,8-11,18H,12-16H2,(H,24,26). The number of hydrogen-bond donors (Lipinski definition) is 1. The summed E-state index contributed by atoms with van der Waals surface area (Å²) in [5.74, 6) is 5.99. The molecule has 0 aromatic heterocycles. The molecule has 2 aromatic rings. The van der Waals surface area contributed by atoms with Gasteiger partial charge in [0.15, 0.2) is 0 Å². The van der Waals surface area contributed by atoms with E-state index in [-0.39, 0.29) is 17.7 Å². The Morgan fingerprint density at radius 2 is 1.70 bits per heavy atom. The van der Waals surface area contributed by atoms with Crippen molar-refractivity contribution >= 4 is 27.7 Å². The van der Waals surface area contributed by atoms with Gasteiger partial charge >= 0.3 is 0 Å². The van der Waals surface area contributed by atoms with Crippen LogP contribution in [0.2, 0.25) is 0 Å². The highest BCUT2D eigenvalue weighted by atomic mass is 79.9. The van der Waals surface area contributed by atoms with Crippen molar-refractivity contribution in [3.8, 4) is 11.8 Å². The summed E-state index contributed by atoms with van der Waals surface area (Å²) in [6.45, 7) is 1.54. The molecule has 3 rings (SSSR count). The Hall–Kier alpha value is -2.58. The number of halogens is 1. The lowest BCUT2D eigenvalue weighted by Gasteiger charge is -2.31. The molecular formula is C22H21BrN2O2. The fourth-order valence-electron chi connectivity index (χ4n) is 3.06. The van der Waals surface area contributed by atoms with Crippen molar-refractivity contribution in [3.05, 3.63) is 70.2 Å². The number of amides is 2. The van der Waals surface area contributed by atoms with E-state index in [1.807, 2.05) is 59.5 Å². The van der Waals surface area contributed by atoms with Crippen molar-refractivity contribution in [2.75, 3.05) is 19.6 Å². The van der Waals surface area contributed by atoms with Gasteiger partial charge in [-0.25, -0.2) is 0 Å². The highest BCUT2D eigenvalue weighted by Gasteiger charge is 2.27. The van der Waals surface area contributed by atoms with Crippen LogP contribution in [0.4, 0.5) is 0 Å². The van der Waals surface area contributed by atoms with Crippen LogP contribution < -0.4 is 5.32 Å². The average Bonchev–Trinajstić information content (AvgIpc) is 2.72. The Morgan fingerprint density at radius 1 is 1.04 bits per heavy atom. The van der Waals surface area contributed by atoms with Crippen molar-refractivity contribution in [1.29, 1.82) is 0 Å². The highest BCUT2D eigenvalue weighted by Crippen LogP contribution is 2.20. The van der Waals surface area contributed by atoms with Crippen molar-refractivity contribution in [2.24, 2.45) is 5.92 Å². The van der Waals surface area contributed by atoms with Gasteiger partial charge in [-0.1, -0.05) is 46.0 Å². The summed E-state index contributed by atoms with van der Waals surface area (Å²) in [5.41, 5.74) is 1.61. The van der Waals surface area contributed by atoms with E-state index in [1.54, 1.807) is 0 Å². The molecule has 2 amide bonds. The van der Waals surface area contributed by atoms with Crippen molar-refractivity contribution < 1.29 is 9.59 Å². The largest absolute Gasteiger partial charge is 0.345 e. The van der Waals surface area contributed by atoms with Gasteiger partial charge in [-0.2, -0.15) is 0 Å². The average molecular weight is 425 g/mol. The van der Waals surface area contributed by atoms with E-state index < -0.39 is 0 Å². The number of nitrogens with zero attached hydrogens (tertiary/aromatic N) is 1. The van der Waals surface area contributed by atoms with Crippen LogP contribution in [0.15, 0.2) is 59.1 Å². The summed E-state index contributed by atoms with van der Waals surface area (Å²) in [6, 6.07) is 17.1. The van der Waals surface area contributed by atoms with Crippen LogP contribution in [0.5, 0.6) is 0 Å². The second-order valence-corrected chi connectivity index (χ2v) is 7.37. The predicted molar refractivity (Wildman–Crippen MR) is 109 cm³/mol. The predicted octanol–water partition coefficient (Wildman–Crippen LogP) is 3.47. The van der Waals surface area contributed by atoms with Crippen LogP contribution in [0.3, 0.4) is 0 Å². The van der Waals surface area contributed by atoms with E-state index in [0.29, 0.717) is 38.0 Å². The highest BCUT2D eigenvalue weighted by molar-refractivity contribution is 9.10. The lowest BCUT2D eigenvalue weighted by atomic mass is 9.95. The molecule has 5 heteroatoms. The Bertz CT molecular complexity index is 845. The van der Waals surface area contributed by atoms with Crippen LogP contribution >= 0.6 is 15.9 Å². The summed E-state index contributed by atoms with van der Waals surface area (Å²) in [6.07, 6.45) is 1.36. The second-order valence-electron chi connectivity index (χ2n) is 6.46. The van der Waals surface area contributed by atoms with Gasteiger partial charge in [0.05, 0.1) is 6.54 Å². The van der Waals surface area contributed by atoms with Crippen LogP contribution in [0.1, 0.15) is 28.8 Å². The van der Waals surface area contributed by atoms with Gasteiger partial charge in [-0.05, 0) is 49.2 Å². The zero-order valence-electron chi connectivity index (χ0n) is 15.0. The minimum atomic E-state index is -0.0579. The zero-order chi connectivity index (χ0) is 19.1. The Labute approximate surface area is 168 Å². The first kappa shape index (κ1) is 19.2. The number of carbonyl (C=O) groups is 2. The number of carbonyl (C=O) groups excluding carboxylic acids is 2. The van der Waals surface area contributed by atoms with Gasteiger partial charge in [-0.3, -0.25) is 9.59 Å². The molecule has 0 spiro atoms. The van der Waals surface area contributed by atoms with Crippen molar-refractivity contribution in [2.45, 2.75) is 12.8 Å². The molecule has 1 fully saturated rings. The molecule has 0 radical (unpaired) electrons. The van der Waals surface area contributed by atoms with E-state index in [2.05, 4.69) is 33.1 Å². The third-order valence-corrected chi connectivity index (χ3v) is 5.13. The lowest BCUT2D eigenvalue weighted by molar-refractivity contribution is -0.126. The minimum Gasteiger partial charge on any atom is -0.345 e. The van der Waals surface area contributed by atoms with Crippen LogP contribution in [0, 0.1) is 17.8 Å². The van der Waals surface area contributed by atoms with Gasteiger partial charge in [0.2, 0.25) is 5.91 Å². The van der Waals surface area contributed by atoms with Gasteiger partial charge < -0.3 is 10.2 Å². The molecule has 2 aromatic carbocycles. The molecule has 1 N–H and O–H groups in total. The maximum Gasteiger partial charge on any atom is 0.253 e. The van der Waals surface area contributed by atoms with E-state index in [1.165, 1.54) is 0 Å². The SMILES string of the molecule is O=C(NCC#Cc1ccccc1)C1CCN(C(=O)c2ccc(Br)cc2)CC1. The van der Waals surface area contributed by atoms with Gasteiger partial charge in [0.25, 0.3) is 5.91 Å². The molecule has 0 aliphatic carbocycles. The minimum absolute atomic E-state index is 0.0214. The molecule has 0 saturated carbocycles. The number of rotatable bonds is 3. The quantitative estimate of drug-likeness (QED) is 0.766. The third kappa shape index (κ3) is 5.45. The van der Waals surface area contributed by atoms with Crippen LogP contribution in [-0.4, -0.2) is 36.3 Å². The van der Waals surface area contributed by atoms with E-state index in [4.69, 9.17) is 0 Å². The molecule has 1 aliphatic heterocycles. The first-order valence-corrected chi connectivity index (χ1v) is 9.79. The zero-order valence-corrected chi connectivity index (χ0v) is 16.5. The second kappa shape index (κ2) is 9.38. The molecule has 1 saturated heterocycles. The van der Waals surface area contributed by atoms with Crippen molar-refractivity contribution in [1.82, 2.24) is 10.2 Å².